The number of ether oxygens (including phenoxy) is 1. The average Bonchev–Trinajstić information content (AvgIpc) is 2.82. The number of aldehydes is 1. The van der Waals surface area contributed by atoms with Crippen LogP contribution in [0.25, 0.3) is 0 Å². The summed E-state index contributed by atoms with van der Waals surface area (Å²) in [5.74, 6) is -1.61. The van der Waals surface area contributed by atoms with Gasteiger partial charge in [-0.15, -0.1) is 0 Å². The Morgan fingerprint density at radius 1 is 0.906 bits per heavy atom. The Bertz CT molecular complexity index is 1120. The van der Waals surface area contributed by atoms with Crippen molar-refractivity contribution in [2.24, 2.45) is 0 Å². The number of hydrogen-bond donors (Lipinski definition) is 2. The fourth-order valence-corrected chi connectivity index (χ4v) is 2.87. The van der Waals surface area contributed by atoms with Crippen molar-refractivity contribution in [3.05, 3.63) is 101 Å². The first-order chi connectivity index (χ1) is 15.5. The molecule has 0 spiro atoms. The van der Waals surface area contributed by atoms with Crippen LogP contribution in [0.15, 0.2) is 72.8 Å². The van der Waals surface area contributed by atoms with E-state index in [0.717, 1.165) is 11.1 Å². The summed E-state index contributed by atoms with van der Waals surface area (Å²) in [6.07, 6.45) is 0.664. The second-order valence-electron chi connectivity index (χ2n) is 7.08. The number of aryl methyl sites for hydroxylation is 1. The second kappa shape index (κ2) is 10.7. The largest absolute Gasteiger partial charge is 0.452 e. The monoisotopic (exact) mass is 430 g/mol. The number of carbonyl (C=O) groups excluding carboxylic acids is 4. The minimum Gasteiger partial charge on any atom is -0.452 e. The van der Waals surface area contributed by atoms with Crippen LogP contribution < -0.4 is 10.6 Å². The van der Waals surface area contributed by atoms with Gasteiger partial charge in [0.05, 0.1) is 16.8 Å². The molecule has 3 aromatic rings. The van der Waals surface area contributed by atoms with Crippen molar-refractivity contribution in [3.8, 4) is 0 Å². The zero-order valence-electron chi connectivity index (χ0n) is 17.5. The number of hydrogen-bond acceptors (Lipinski definition) is 5. The molecular weight excluding hydrogens is 408 g/mol. The Kier molecular flexibility index (Phi) is 7.48. The Balaban J connectivity index is 1.56. The van der Waals surface area contributed by atoms with Crippen LogP contribution in [0.5, 0.6) is 0 Å². The maximum Gasteiger partial charge on any atom is 0.338 e. The summed E-state index contributed by atoms with van der Waals surface area (Å²) < 4.78 is 5.01. The van der Waals surface area contributed by atoms with Gasteiger partial charge in [-0.1, -0.05) is 54.1 Å². The van der Waals surface area contributed by atoms with Crippen molar-refractivity contribution in [2.45, 2.75) is 13.5 Å². The molecule has 7 nitrogen and oxygen atoms in total. The van der Waals surface area contributed by atoms with Gasteiger partial charge in [0.1, 0.15) is 6.29 Å². The summed E-state index contributed by atoms with van der Waals surface area (Å²) >= 11 is 0. The van der Waals surface area contributed by atoms with Crippen LogP contribution in [-0.4, -0.2) is 30.7 Å². The highest BCUT2D eigenvalue weighted by molar-refractivity contribution is 6.04. The minimum atomic E-state index is -0.693. The zero-order valence-corrected chi connectivity index (χ0v) is 17.5. The molecule has 0 heterocycles. The second-order valence-corrected chi connectivity index (χ2v) is 7.08. The standard InChI is InChI=1S/C25H22N2O5/c1-17-6-8-18(9-7-17)14-26-24(30)21-4-2-3-5-22(21)27-23(29)16-32-25(31)20-12-10-19(15-28)11-13-20/h2-13,15H,14,16H2,1H3,(H,26,30)(H,27,29). The van der Waals surface area contributed by atoms with E-state index in [1.165, 1.54) is 24.3 Å². The molecule has 0 aliphatic carbocycles. The minimum absolute atomic E-state index is 0.222. The molecule has 0 radical (unpaired) electrons. The van der Waals surface area contributed by atoms with E-state index in [-0.39, 0.29) is 11.5 Å². The fraction of sp³-hybridized carbons (Fsp3) is 0.120. The molecule has 0 saturated heterocycles. The van der Waals surface area contributed by atoms with Crippen LogP contribution in [0.3, 0.4) is 0 Å². The van der Waals surface area contributed by atoms with E-state index < -0.39 is 18.5 Å². The Morgan fingerprint density at radius 3 is 2.28 bits per heavy atom. The number of carbonyl (C=O) groups is 4. The fourth-order valence-electron chi connectivity index (χ4n) is 2.87. The van der Waals surface area contributed by atoms with E-state index in [1.54, 1.807) is 24.3 Å². The number of benzene rings is 3. The lowest BCUT2D eigenvalue weighted by Crippen LogP contribution is -2.26. The van der Waals surface area contributed by atoms with Gasteiger partial charge in [-0.25, -0.2) is 4.79 Å². The molecule has 2 N–H and O–H groups in total. The van der Waals surface area contributed by atoms with Gasteiger partial charge in [0, 0.05) is 12.1 Å². The van der Waals surface area contributed by atoms with Gasteiger partial charge in [-0.2, -0.15) is 0 Å². The molecule has 7 heteroatoms. The number of nitrogens with one attached hydrogen (secondary N) is 2. The number of rotatable bonds is 8. The maximum atomic E-state index is 12.6. The number of anilines is 1. The predicted octanol–water partition coefficient (Wildman–Crippen LogP) is 3.53. The average molecular weight is 430 g/mol. The normalized spacial score (nSPS) is 10.2. The number of esters is 1. The van der Waals surface area contributed by atoms with Gasteiger partial charge in [-0.05, 0) is 36.8 Å². The highest BCUT2D eigenvalue weighted by atomic mass is 16.5. The van der Waals surface area contributed by atoms with Crippen molar-refractivity contribution >= 4 is 29.8 Å². The Labute approximate surface area is 185 Å². The van der Waals surface area contributed by atoms with Crippen LogP contribution in [0.4, 0.5) is 5.69 Å². The Hall–Kier alpha value is -4.26. The van der Waals surface area contributed by atoms with E-state index in [4.69, 9.17) is 4.74 Å². The first-order valence-electron chi connectivity index (χ1n) is 9.91. The molecule has 0 bridgehead atoms. The molecule has 0 atom stereocenters. The molecule has 0 aromatic heterocycles. The molecule has 3 rings (SSSR count). The van der Waals surface area contributed by atoms with Crippen molar-refractivity contribution in [1.29, 1.82) is 0 Å². The molecule has 0 saturated carbocycles. The van der Waals surface area contributed by atoms with Crippen molar-refractivity contribution in [3.63, 3.8) is 0 Å². The lowest BCUT2D eigenvalue weighted by molar-refractivity contribution is -0.119. The van der Waals surface area contributed by atoms with E-state index >= 15 is 0 Å². The quantitative estimate of drug-likeness (QED) is 0.421. The molecule has 3 aromatic carbocycles. The van der Waals surface area contributed by atoms with E-state index in [1.807, 2.05) is 31.2 Å². The summed E-state index contributed by atoms with van der Waals surface area (Å²) in [6, 6.07) is 20.2. The third-order valence-corrected chi connectivity index (χ3v) is 4.64. The van der Waals surface area contributed by atoms with Gasteiger partial charge in [0.15, 0.2) is 6.61 Å². The van der Waals surface area contributed by atoms with Crippen LogP contribution in [-0.2, 0) is 16.1 Å². The highest BCUT2D eigenvalue weighted by Gasteiger charge is 2.15. The maximum absolute atomic E-state index is 12.6. The topological polar surface area (TPSA) is 102 Å². The molecule has 162 valence electrons. The number of para-hydroxylation sites is 1. The Morgan fingerprint density at radius 2 is 1.59 bits per heavy atom. The third kappa shape index (κ3) is 6.12. The smallest absolute Gasteiger partial charge is 0.338 e. The first kappa shape index (κ1) is 22.4. The summed E-state index contributed by atoms with van der Waals surface area (Å²) in [6.45, 7) is 1.82. The van der Waals surface area contributed by atoms with Crippen molar-refractivity contribution < 1.29 is 23.9 Å². The van der Waals surface area contributed by atoms with Gasteiger partial charge in [-0.3, -0.25) is 14.4 Å². The summed E-state index contributed by atoms with van der Waals surface area (Å²) in [4.78, 5) is 47.6. The molecule has 0 unspecified atom stereocenters. The lowest BCUT2D eigenvalue weighted by atomic mass is 10.1. The van der Waals surface area contributed by atoms with Crippen LogP contribution in [0.2, 0.25) is 0 Å². The highest BCUT2D eigenvalue weighted by Crippen LogP contribution is 2.15. The van der Waals surface area contributed by atoms with E-state index in [0.29, 0.717) is 29.6 Å². The van der Waals surface area contributed by atoms with Gasteiger partial charge >= 0.3 is 5.97 Å². The SMILES string of the molecule is Cc1ccc(CNC(=O)c2ccccc2NC(=O)COC(=O)c2ccc(C=O)cc2)cc1. The molecular formula is C25H22N2O5. The van der Waals surface area contributed by atoms with Crippen molar-refractivity contribution in [1.82, 2.24) is 5.32 Å². The van der Waals surface area contributed by atoms with Crippen LogP contribution in [0, 0.1) is 6.92 Å². The van der Waals surface area contributed by atoms with E-state index in [2.05, 4.69) is 10.6 Å². The summed E-state index contributed by atoms with van der Waals surface area (Å²) in [5.41, 5.74) is 3.34. The molecule has 2 amide bonds. The van der Waals surface area contributed by atoms with Crippen LogP contribution in [0.1, 0.15) is 42.2 Å². The van der Waals surface area contributed by atoms with E-state index in [9.17, 15) is 19.2 Å². The lowest BCUT2D eigenvalue weighted by Gasteiger charge is -2.12. The summed E-state index contributed by atoms with van der Waals surface area (Å²) in [5, 5.41) is 5.43. The van der Waals surface area contributed by atoms with Gasteiger partial charge in [0.25, 0.3) is 11.8 Å². The zero-order chi connectivity index (χ0) is 22.9. The molecule has 32 heavy (non-hydrogen) atoms. The first-order valence-corrected chi connectivity index (χ1v) is 9.91. The number of amides is 2. The van der Waals surface area contributed by atoms with Gasteiger partial charge in [0.2, 0.25) is 0 Å². The van der Waals surface area contributed by atoms with Gasteiger partial charge < -0.3 is 15.4 Å². The summed E-state index contributed by atoms with van der Waals surface area (Å²) in [7, 11) is 0. The third-order valence-electron chi connectivity index (χ3n) is 4.64. The molecule has 0 aliphatic heterocycles. The predicted molar refractivity (Wildman–Crippen MR) is 120 cm³/mol. The molecule has 0 fully saturated rings. The van der Waals surface area contributed by atoms with Crippen molar-refractivity contribution in [2.75, 3.05) is 11.9 Å². The molecule has 0 aliphatic rings. The van der Waals surface area contributed by atoms with Crippen LogP contribution >= 0.6 is 0 Å².